The number of carbonyl (C=O) groups is 1. The first kappa shape index (κ1) is 15.9. The second-order valence-electron chi connectivity index (χ2n) is 5.90. The summed E-state index contributed by atoms with van der Waals surface area (Å²) in [6, 6.07) is 9.61. The zero-order valence-corrected chi connectivity index (χ0v) is 14.3. The molecule has 2 N–H and O–H groups in total. The van der Waals surface area contributed by atoms with Gasteiger partial charge in [0.1, 0.15) is 0 Å². The Hall–Kier alpha value is -1.95. The second kappa shape index (κ2) is 7.08. The van der Waals surface area contributed by atoms with Crippen LogP contribution in [0.1, 0.15) is 47.8 Å². The van der Waals surface area contributed by atoms with E-state index in [1.165, 1.54) is 43.3 Å². The van der Waals surface area contributed by atoms with E-state index in [0.717, 1.165) is 11.4 Å². The van der Waals surface area contributed by atoms with Gasteiger partial charge in [-0.25, -0.2) is 0 Å². The van der Waals surface area contributed by atoms with Crippen molar-refractivity contribution in [2.24, 2.45) is 7.05 Å². The average molecular weight is 330 g/mol. The summed E-state index contributed by atoms with van der Waals surface area (Å²) >= 11 is 1.52. The molecule has 0 radical (unpaired) electrons. The van der Waals surface area contributed by atoms with Gasteiger partial charge in [-0.15, -0.1) is 0 Å². The molecule has 1 aliphatic rings. The number of hydrogen-bond donors (Lipinski definition) is 2. The van der Waals surface area contributed by atoms with Crippen molar-refractivity contribution < 1.29 is 4.79 Å². The average Bonchev–Trinajstić information content (AvgIpc) is 3.17. The van der Waals surface area contributed by atoms with Crippen LogP contribution in [0.15, 0.2) is 30.3 Å². The molecule has 1 amide bonds. The Labute approximate surface area is 141 Å². The number of rotatable bonds is 5. The van der Waals surface area contributed by atoms with Crippen LogP contribution in [-0.2, 0) is 7.05 Å². The number of carbonyl (C=O) groups excluding carboxylic acids is 1. The van der Waals surface area contributed by atoms with Gasteiger partial charge in [-0.05, 0) is 37.1 Å². The van der Waals surface area contributed by atoms with Gasteiger partial charge < -0.3 is 10.0 Å². The van der Waals surface area contributed by atoms with Gasteiger partial charge in [0.25, 0.3) is 5.91 Å². The predicted octanol–water partition coefficient (Wildman–Crippen LogP) is 4.02. The van der Waals surface area contributed by atoms with E-state index in [9.17, 15) is 4.79 Å². The number of anilines is 2. The molecule has 23 heavy (non-hydrogen) atoms. The molecule has 1 aromatic carbocycles. The molecule has 1 aromatic heterocycles. The molecule has 0 bridgehead atoms. The first-order chi connectivity index (χ1) is 11.2. The number of nitrogens with one attached hydrogen (secondary N) is 2. The molecule has 3 rings (SSSR count). The second-order valence-corrected chi connectivity index (χ2v) is 6.51. The van der Waals surface area contributed by atoms with Crippen LogP contribution in [0.3, 0.4) is 0 Å². The fourth-order valence-corrected chi connectivity index (χ4v) is 3.53. The molecule has 6 heteroatoms. The van der Waals surface area contributed by atoms with Gasteiger partial charge in [-0.2, -0.15) is 5.10 Å². The number of amides is 1. The van der Waals surface area contributed by atoms with Gasteiger partial charge in [-0.3, -0.25) is 9.48 Å². The lowest BCUT2D eigenvalue weighted by Crippen LogP contribution is -2.13. The molecule has 1 aliphatic carbocycles. The van der Waals surface area contributed by atoms with Crippen LogP contribution >= 0.6 is 11.9 Å². The molecule has 5 nitrogen and oxygen atoms in total. The molecule has 0 aliphatic heterocycles. The van der Waals surface area contributed by atoms with Gasteiger partial charge in [0.05, 0.1) is 0 Å². The van der Waals surface area contributed by atoms with Gasteiger partial charge in [-0.1, -0.05) is 30.9 Å². The minimum atomic E-state index is -0.161. The fourth-order valence-electron chi connectivity index (χ4n) is 3.17. The zero-order chi connectivity index (χ0) is 16.2. The van der Waals surface area contributed by atoms with Crippen LogP contribution in [0, 0.1) is 0 Å². The van der Waals surface area contributed by atoms with Crippen molar-refractivity contribution >= 4 is 29.2 Å². The minimum Gasteiger partial charge on any atom is -0.330 e. The van der Waals surface area contributed by atoms with Crippen molar-refractivity contribution in [1.82, 2.24) is 9.78 Å². The minimum absolute atomic E-state index is 0.161. The zero-order valence-electron chi connectivity index (χ0n) is 13.5. The highest BCUT2D eigenvalue weighted by Crippen LogP contribution is 2.34. The van der Waals surface area contributed by atoms with Gasteiger partial charge in [0, 0.05) is 36.3 Å². The summed E-state index contributed by atoms with van der Waals surface area (Å²) in [6.07, 6.45) is 6.90. The molecule has 0 spiro atoms. The Morgan fingerprint density at radius 3 is 2.74 bits per heavy atom. The smallest absolute Gasteiger partial charge is 0.276 e. The highest BCUT2D eigenvalue weighted by molar-refractivity contribution is 7.99. The van der Waals surface area contributed by atoms with Crippen LogP contribution in [0.5, 0.6) is 0 Å². The molecule has 1 saturated carbocycles. The summed E-state index contributed by atoms with van der Waals surface area (Å²) in [5.74, 6) is 0.384. The van der Waals surface area contributed by atoms with Gasteiger partial charge in [0.15, 0.2) is 5.69 Å². The van der Waals surface area contributed by atoms with Crippen molar-refractivity contribution in [3.8, 4) is 0 Å². The lowest BCUT2D eigenvalue weighted by Gasteiger charge is -2.07. The fraction of sp³-hybridized carbons (Fsp3) is 0.412. The molecule has 0 saturated heterocycles. The Morgan fingerprint density at radius 2 is 2.00 bits per heavy atom. The number of aromatic nitrogens is 2. The Kier molecular flexibility index (Phi) is 4.91. The van der Waals surface area contributed by atoms with Crippen LogP contribution in [0.4, 0.5) is 11.4 Å². The monoisotopic (exact) mass is 330 g/mol. The van der Waals surface area contributed by atoms with Crippen molar-refractivity contribution in [2.75, 3.05) is 16.3 Å². The third-order valence-corrected chi connectivity index (χ3v) is 4.70. The lowest BCUT2D eigenvalue weighted by molar-refractivity contribution is 0.102. The third kappa shape index (κ3) is 3.69. The first-order valence-electron chi connectivity index (χ1n) is 7.91. The van der Waals surface area contributed by atoms with Gasteiger partial charge in [0.2, 0.25) is 0 Å². The van der Waals surface area contributed by atoms with E-state index in [-0.39, 0.29) is 5.91 Å². The maximum absolute atomic E-state index is 12.5. The number of nitrogens with zero attached hydrogens (tertiary/aromatic N) is 2. The van der Waals surface area contributed by atoms with Crippen LogP contribution in [0.25, 0.3) is 0 Å². The molecule has 0 unspecified atom stereocenters. The molecule has 122 valence electrons. The van der Waals surface area contributed by atoms with Gasteiger partial charge >= 0.3 is 0 Å². The maximum Gasteiger partial charge on any atom is 0.276 e. The van der Waals surface area contributed by atoms with Crippen LogP contribution in [-0.4, -0.2) is 21.9 Å². The Balaban J connectivity index is 1.73. The van der Waals surface area contributed by atoms with Crippen molar-refractivity contribution in [3.05, 3.63) is 41.7 Å². The summed E-state index contributed by atoms with van der Waals surface area (Å²) in [7, 11) is 1.92. The molecule has 1 heterocycles. The standard InChI is InChI=1S/C17H22N4OS/c1-21-16(12-6-3-4-7-12)11-15(19-21)17(22)18-13-8-5-9-14(10-13)20-23-2/h5,8-12,20H,3-4,6-7H2,1-2H3,(H,18,22). The van der Waals surface area contributed by atoms with E-state index in [1.807, 2.05) is 48.3 Å². The molecule has 2 aromatic rings. The van der Waals surface area contributed by atoms with Crippen molar-refractivity contribution in [3.63, 3.8) is 0 Å². The van der Waals surface area contributed by atoms with Crippen LogP contribution in [0.2, 0.25) is 0 Å². The normalized spacial score (nSPS) is 14.9. The van der Waals surface area contributed by atoms with Crippen LogP contribution < -0.4 is 10.0 Å². The summed E-state index contributed by atoms with van der Waals surface area (Å²) in [6.45, 7) is 0. The largest absolute Gasteiger partial charge is 0.330 e. The SMILES string of the molecule is CSNc1cccc(NC(=O)c2cc(C3CCCC3)n(C)n2)c1. The maximum atomic E-state index is 12.5. The summed E-state index contributed by atoms with van der Waals surface area (Å²) in [5.41, 5.74) is 3.38. The van der Waals surface area contributed by atoms with E-state index in [4.69, 9.17) is 0 Å². The van der Waals surface area contributed by atoms with E-state index in [0.29, 0.717) is 11.6 Å². The number of benzene rings is 1. The Morgan fingerprint density at radius 1 is 1.26 bits per heavy atom. The van der Waals surface area contributed by atoms with E-state index < -0.39 is 0 Å². The predicted molar refractivity (Wildman–Crippen MR) is 95.9 cm³/mol. The molecular weight excluding hydrogens is 308 g/mol. The first-order valence-corrected chi connectivity index (χ1v) is 9.14. The molecule has 0 atom stereocenters. The summed E-state index contributed by atoms with van der Waals surface area (Å²) in [4.78, 5) is 12.5. The van der Waals surface area contributed by atoms with Crippen molar-refractivity contribution in [2.45, 2.75) is 31.6 Å². The summed E-state index contributed by atoms with van der Waals surface area (Å²) in [5, 5.41) is 7.32. The summed E-state index contributed by atoms with van der Waals surface area (Å²) < 4.78 is 5.01. The molecular formula is C17H22N4OS. The number of aryl methyl sites for hydroxylation is 1. The van der Waals surface area contributed by atoms with E-state index >= 15 is 0 Å². The molecule has 1 fully saturated rings. The van der Waals surface area contributed by atoms with E-state index in [1.54, 1.807) is 0 Å². The highest BCUT2D eigenvalue weighted by Gasteiger charge is 2.22. The van der Waals surface area contributed by atoms with E-state index in [2.05, 4.69) is 15.1 Å². The highest BCUT2D eigenvalue weighted by atomic mass is 32.2. The lowest BCUT2D eigenvalue weighted by atomic mass is 10.0. The number of hydrogen-bond acceptors (Lipinski definition) is 4. The quantitative estimate of drug-likeness (QED) is 0.813. The third-order valence-electron chi connectivity index (χ3n) is 4.26. The van der Waals surface area contributed by atoms with Crippen molar-refractivity contribution in [1.29, 1.82) is 0 Å². The topological polar surface area (TPSA) is 58.9 Å². The Bertz CT molecular complexity index is 692.